The van der Waals surface area contributed by atoms with Gasteiger partial charge < -0.3 is 9.80 Å². The molecule has 15 rings (SSSR count). The number of anilines is 5. The van der Waals surface area contributed by atoms with E-state index in [2.05, 4.69) is 248 Å². The van der Waals surface area contributed by atoms with E-state index in [0.29, 0.717) is 0 Å². The summed E-state index contributed by atoms with van der Waals surface area (Å²) in [6, 6.07) is 74.6. The maximum absolute atomic E-state index is 2.59. The zero-order valence-corrected chi connectivity index (χ0v) is 42.8. The van der Waals surface area contributed by atoms with Gasteiger partial charge in [-0.05, 0) is 198 Å². The van der Waals surface area contributed by atoms with E-state index in [1.54, 1.807) is 5.57 Å². The molecule has 0 N–H and O–H groups in total. The number of fused-ring (bicyclic) bond motifs is 9. The number of nitrogens with zero attached hydrogens (tertiary/aromatic N) is 2. The van der Waals surface area contributed by atoms with Crippen LogP contribution in [0.15, 0.2) is 236 Å². The van der Waals surface area contributed by atoms with Crippen molar-refractivity contribution in [2.24, 2.45) is 0 Å². The lowest BCUT2D eigenvalue weighted by molar-refractivity contribution is 0.658. The molecule has 0 saturated carbocycles. The van der Waals surface area contributed by atoms with Crippen molar-refractivity contribution in [1.29, 1.82) is 0 Å². The average Bonchev–Trinajstić information content (AvgIpc) is 3.60. The summed E-state index contributed by atoms with van der Waals surface area (Å²) in [6.07, 6.45) is 19.2. The van der Waals surface area contributed by atoms with Gasteiger partial charge in [0, 0.05) is 45.5 Å². The van der Waals surface area contributed by atoms with Crippen LogP contribution in [0.1, 0.15) is 84.4 Å². The second-order valence-corrected chi connectivity index (χ2v) is 22.0. The average molecular weight is 963 g/mol. The van der Waals surface area contributed by atoms with Gasteiger partial charge in [0.25, 0.3) is 0 Å². The van der Waals surface area contributed by atoms with Gasteiger partial charge in [-0.15, -0.1) is 0 Å². The van der Waals surface area contributed by atoms with Crippen molar-refractivity contribution in [1.82, 2.24) is 0 Å². The first kappa shape index (κ1) is 44.1. The lowest BCUT2D eigenvalue weighted by Crippen LogP contribution is -2.18. The van der Waals surface area contributed by atoms with Crippen LogP contribution in [-0.2, 0) is 24.7 Å². The quantitative estimate of drug-likeness (QED) is 0.159. The normalized spacial score (nSPS) is 17.2. The summed E-state index contributed by atoms with van der Waals surface area (Å²) >= 11 is 0. The van der Waals surface area contributed by atoms with Gasteiger partial charge in [0.05, 0.1) is 0 Å². The van der Waals surface area contributed by atoms with Gasteiger partial charge in [0.2, 0.25) is 0 Å². The molecule has 0 spiro atoms. The fourth-order valence-electron chi connectivity index (χ4n) is 14.0. The third-order valence-corrected chi connectivity index (χ3v) is 17.7. The van der Waals surface area contributed by atoms with Crippen molar-refractivity contribution in [3.8, 4) is 22.3 Å². The van der Waals surface area contributed by atoms with Gasteiger partial charge in [0.1, 0.15) is 0 Å². The van der Waals surface area contributed by atoms with E-state index >= 15 is 0 Å². The zero-order valence-electron chi connectivity index (χ0n) is 42.8. The molecule has 0 fully saturated rings. The van der Waals surface area contributed by atoms with Crippen LogP contribution in [0.4, 0.5) is 28.4 Å². The third kappa shape index (κ3) is 6.92. The van der Waals surface area contributed by atoms with Gasteiger partial charge in [-0.1, -0.05) is 190 Å². The second kappa shape index (κ2) is 17.3. The number of benzene rings is 10. The topological polar surface area (TPSA) is 6.48 Å². The van der Waals surface area contributed by atoms with Crippen LogP contribution in [-0.4, -0.2) is 0 Å². The highest BCUT2D eigenvalue weighted by atomic mass is 15.2. The maximum atomic E-state index is 2.59. The molecule has 2 nitrogen and oxygen atoms in total. The zero-order chi connectivity index (χ0) is 49.8. The predicted octanol–water partition coefficient (Wildman–Crippen LogP) is 19.5. The highest BCUT2D eigenvalue weighted by molar-refractivity contribution is 6.23. The minimum atomic E-state index is -0.102. The molecule has 75 heavy (non-hydrogen) atoms. The second-order valence-electron chi connectivity index (χ2n) is 22.0. The number of para-hydroxylation sites is 3. The molecule has 10 aromatic rings. The van der Waals surface area contributed by atoms with E-state index in [1.165, 1.54) is 133 Å². The first-order chi connectivity index (χ1) is 37.0. The molecular weight excluding hydrogens is 905 g/mol. The molecule has 0 aromatic heterocycles. The highest BCUT2D eigenvalue weighted by Gasteiger charge is 2.37. The van der Waals surface area contributed by atoms with E-state index in [9.17, 15) is 0 Å². The van der Waals surface area contributed by atoms with Crippen LogP contribution in [0.5, 0.6) is 0 Å². The molecule has 1 atom stereocenters. The van der Waals surface area contributed by atoms with Crippen LogP contribution in [0.2, 0.25) is 0 Å². The number of hydrogen-bond acceptors (Lipinski definition) is 2. The molecule has 360 valence electrons. The molecule has 2 heteroatoms. The molecule has 3 aliphatic carbocycles. The van der Waals surface area contributed by atoms with Crippen LogP contribution in [0.25, 0.3) is 60.1 Å². The van der Waals surface area contributed by atoms with Crippen molar-refractivity contribution in [3.63, 3.8) is 0 Å². The lowest BCUT2D eigenvalue weighted by atomic mass is 9.75. The first-order valence-electron chi connectivity index (χ1n) is 27.3. The summed E-state index contributed by atoms with van der Waals surface area (Å²) in [7, 11) is 0. The standard InChI is InChI=1S/C73H58N2/c1-73(2)65-29-12-11-26-57(65)58-41-38-52(44-66(58)73)56-25-9-10-27-59(56)71-61-42-39-54(75-69-32-15-6-21-50(69)36-37-51-22-7-16-33-70(51)75)46-64(61)72(60-28-17-23-47-18-3-8-24-55(47)60)62-43-40-53(45-63(62)71)74-67-30-13-4-19-48(67)34-35-49-20-5-14-31-68(49)74/h3-6,8-21,23-24,26-33,38-46,56H,7,22,25,34-37H2,1-2H3. The Kier molecular flexibility index (Phi) is 10.2. The van der Waals surface area contributed by atoms with E-state index in [0.717, 1.165) is 44.9 Å². The Hall–Kier alpha value is -8.46. The molecule has 0 saturated heterocycles. The fourth-order valence-corrected chi connectivity index (χ4v) is 14.0. The Balaban J connectivity index is 1.05. The van der Waals surface area contributed by atoms with Crippen LogP contribution < -0.4 is 9.80 Å². The maximum Gasteiger partial charge on any atom is 0.0493 e. The van der Waals surface area contributed by atoms with E-state index in [-0.39, 0.29) is 11.3 Å². The van der Waals surface area contributed by atoms with E-state index in [1.807, 2.05) is 0 Å². The summed E-state index contributed by atoms with van der Waals surface area (Å²) in [5.74, 6) is 0.134. The molecule has 5 aliphatic rings. The highest BCUT2D eigenvalue weighted by Crippen LogP contribution is 2.54. The van der Waals surface area contributed by atoms with Crippen molar-refractivity contribution in [2.75, 3.05) is 9.80 Å². The van der Waals surface area contributed by atoms with Crippen molar-refractivity contribution >= 4 is 66.3 Å². The molecule has 0 radical (unpaired) electrons. The number of allylic oxidation sites excluding steroid dienone is 7. The predicted molar refractivity (Wildman–Crippen MR) is 317 cm³/mol. The van der Waals surface area contributed by atoms with Gasteiger partial charge in [-0.25, -0.2) is 0 Å². The summed E-state index contributed by atoms with van der Waals surface area (Å²) in [5, 5.41) is 7.60. The largest absolute Gasteiger partial charge is 0.310 e. The third-order valence-electron chi connectivity index (χ3n) is 17.7. The molecule has 2 aliphatic heterocycles. The van der Waals surface area contributed by atoms with Crippen molar-refractivity contribution in [2.45, 2.75) is 70.1 Å². The summed E-state index contributed by atoms with van der Waals surface area (Å²) in [4.78, 5) is 5.15. The van der Waals surface area contributed by atoms with Crippen LogP contribution in [0.3, 0.4) is 0 Å². The Labute approximate surface area is 440 Å². The Morgan fingerprint density at radius 3 is 1.81 bits per heavy atom. The van der Waals surface area contributed by atoms with Gasteiger partial charge in [-0.2, -0.15) is 0 Å². The Morgan fingerprint density at radius 1 is 0.440 bits per heavy atom. The molecule has 2 heterocycles. The van der Waals surface area contributed by atoms with E-state index in [4.69, 9.17) is 0 Å². The van der Waals surface area contributed by atoms with Gasteiger partial charge in [0.15, 0.2) is 0 Å². The van der Waals surface area contributed by atoms with Gasteiger partial charge in [-0.3, -0.25) is 0 Å². The van der Waals surface area contributed by atoms with Crippen LogP contribution in [0, 0.1) is 0 Å². The Morgan fingerprint density at radius 2 is 1.04 bits per heavy atom. The van der Waals surface area contributed by atoms with E-state index < -0.39 is 0 Å². The fraction of sp³-hybridized carbons (Fsp3) is 0.151. The smallest absolute Gasteiger partial charge is 0.0493 e. The minimum absolute atomic E-state index is 0.102. The molecule has 0 bridgehead atoms. The SMILES string of the molecule is CC1(C)c2ccccc2-c2ccc(C3CC=CC=C3c3c4cc(N5c6ccccc6CCc6ccccc65)ccc4c(-c4cccc5ccccc45)c4cc(N5C6=C(CCC=C6)CCc6ccccc65)ccc34)cc21. The summed E-state index contributed by atoms with van der Waals surface area (Å²) in [5.41, 5.74) is 25.3. The van der Waals surface area contributed by atoms with Crippen molar-refractivity contribution in [3.05, 3.63) is 275 Å². The molecular formula is C73H58N2. The summed E-state index contributed by atoms with van der Waals surface area (Å²) < 4.78 is 0. The molecule has 10 aromatic carbocycles. The summed E-state index contributed by atoms with van der Waals surface area (Å²) in [6.45, 7) is 4.82. The Bertz CT molecular complexity index is 4100. The lowest BCUT2D eigenvalue weighted by Gasteiger charge is -2.32. The minimum Gasteiger partial charge on any atom is -0.310 e. The van der Waals surface area contributed by atoms with Gasteiger partial charge >= 0.3 is 0 Å². The number of aryl methyl sites for hydroxylation is 3. The van der Waals surface area contributed by atoms with Crippen molar-refractivity contribution < 1.29 is 0 Å². The number of hydrogen-bond donors (Lipinski definition) is 0. The molecule has 1 unspecified atom stereocenters. The number of rotatable bonds is 5. The first-order valence-corrected chi connectivity index (χ1v) is 27.3. The van der Waals surface area contributed by atoms with Crippen LogP contribution >= 0.6 is 0 Å². The monoisotopic (exact) mass is 962 g/mol. The molecule has 0 amide bonds.